The summed E-state index contributed by atoms with van der Waals surface area (Å²) < 4.78 is 6.15. The Morgan fingerprint density at radius 1 is 1.18 bits per heavy atom. The van der Waals surface area contributed by atoms with Gasteiger partial charge in [-0.15, -0.1) is 0 Å². The molecule has 1 aliphatic rings. The van der Waals surface area contributed by atoms with E-state index in [1.807, 2.05) is 37.4 Å². The van der Waals surface area contributed by atoms with E-state index in [-0.39, 0.29) is 17.8 Å². The molecule has 1 N–H and O–H groups in total. The van der Waals surface area contributed by atoms with Gasteiger partial charge in [-0.05, 0) is 36.2 Å². The van der Waals surface area contributed by atoms with Crippen LogP contribution in [0.15, 0.2) is 60.1 Å². The molecule has 0 fully saturated rings. The van der Waals surface area contributed by atoms with Gasteiger partial charge in [-0.3, -0.25) is 9.78 Å². The molecule has 1 unspecified atom stereocenters. The van der Waals surface area contributed by atoms with E-state index in [0.717, 1.165) is 34.6 Å². The molecule has 0 spiro atoms. The Hall–Kier alpha value is -2.93. The highest BCUT2D eigenvalue weighted by molar-refractivity contribution is 7.99. The Labute approximate surface area is 167 Å². The number of thioether (sulfide) groups is 1. The molecule has 0 aliphatic carbocycles. The molecule has 0 bridgehead atoms. The number of nitrogens with zero attached hydrogens (tertiary/aromatic N) is 3. The zero-order valence-corrected chi connectivity index (χ0v) is 16.3. The maximum absolute atomic E-state index is 12.1. The van der Waals surface area contributed by atoms with Crippen LogP contribution < -0.4 is 10.1 Å². The van der Waals surface area contributed by atoms with Crippen LogP contribution in [0.5, 0.6) is 5.75 Å². The predicted molar refractivity (Wildman–Crippen MR) is 108 cm³/mol. The van der Waals surface area contributed by atoms with Crippen LogP contribution in [0.25, 0.3) is 11.3 Å². The second-order valence-corrected chi connectivity index (χ2v) is 7.53. The quantitative estimate of drug-likeness (QED) is 0.513. The minimum atomic E-state index is -0.0801. The Morgan fingerprint density at radius 3 is 2.82 bits per heavy atom. The molecule has 1 amide bonds. The number of hydrogen-bond acceptors (Lipinski definition) is 6. The number of aromatic nitrogens is 3. The van der Waals surface area contributed by atoms with Crippen molar-refractivity contribution in [3.63, 3.8) is 0 Å². The molecule has 1 aliphatic heterocycles. The largest absolute Gasteiger partial charge is 0.487 e. The summed E-state index contributed by atoms with van der Waals surface area (Å²) in [5, 5.41) is 3.54. The van der Waals surface area contributed by atoms with E-state index in [1.54, 1.807) is 18.5 Å². The van der Waals surface area contributed by atoms with Gasteiger partial charge in [-0.1, -0.05) is 30.0 Å². The van der Waals surface area contributed by atoms with Gasteiger partial charge in [-0.25, -0.2) is 9.97 Å². The number of amides is 1. The van der Waals surface area contributed by atoms with E-state index < -0.39 is 0 Å². The van der Waals surface area contributed by atoms with Gasteiger partial charge in [0.2, 0.25) is 5.91 Å². The number of aryl methyl sites for hydroxylation is 1. The number of ether oxygens (including phenoxy) is 1. The van der Waals surface area contributed by atoms with Gasteiger partial charge in [0.1, 0.15) is 11.9 Å². The summed E-state index contributed by atoms with van der Waals surface area (Å²) in [6.45, 7) is 2.48. The smallest absolute Gasteiger partial charge is 0.230 e. The molecular formula is C21H20N4O2S. The molecule has 3 aromatic rings. The molecule has 1 aromatic carbocycles. The molecule has 0 saturated carbocycles. The first-order valence-electron chi connectivity index (χ1n) is 9.07. The van der Waals surface area contributed by atoms with Gasteiger partial charge < -0.3 is 10.1 Å². The first kappa shape index (κ1) is 18.4. The Kier molecular flexibility index (Phi) is 5.53. The lowest BCUT2D eigenvalue weighted by Crippen LogP contribution is -2.35. The van der Waals surface area contributed by atoms with Crippen molar-refractivity contribution >= 4 is 17.7 Å². The highest BCUT2D eigenvalue weighted by atomic mass is 32.2. The van der Waals surface area contributed by atoms with Crippen LogP contribution in [0.2, 0.25) is 0 Å². The topological polar surface area (TPSA) is 77.0 Å². The molecule has 2 aromatic heterocycles. The third kappa shape index (κ3) is 4.31. The van der Waals surface area contributed by atoms with Gasteiger partial charge in [0.25, 0.3) is 0 Å². The monoisotopic (exact) mass is 392 g/mol. The van der Waals surface area contributed by atoms with Gasteiger partial charge in [0, 0.05) is 30.6 Å². The Balaban J connectivity index is 1.34. The highest BCUT2D eigenvalue weighted by Crippen LogP contribution is 2.37. The average Bonchev–Trinajstić information content (AvgIpc) is 3.15. The van der Waals surface area contributed by atoms with Crippen molar-refractivity contribution in [1.29, 1.82) is 0 Å². The van der Waals surface area contributed by atoms with Crippen LogP contribution in [0.3, 0.4) is 0 Å². The summed E-state index contributed by atoms with van der Waals surface area (Å²) in [6.07, 6.45) is 5.87. The van der Waals surface area contributed by atoms with Crippen molar-refractivity contribution in [2.75, 3.05) is 12.3 Å². The zero-order chi connectivity index (χ0) is 19.3. The number of benzene rings is 1. The first-order valence-corrected chi connectivity index (χ1v) is 10.1. The van der Waals surface area contributed by atoms with Crippen LogP contribution in [-0.2, 0) is 11.2 Å². The maximum atomic E-state index is 12.1. The first-order chi connectivity index (χ1) is 13.7. The van der Waals surface area contributed by atoms with Crippen LogP contribution in [0.4, 0.5) is 0 Å². The molecule has 28 heavy (non-hydrogen) atoms. The summed E-state index contributed by atoms with van der Waals surface area (Å²) >= 11 is 1.32. The Morgan fingerprint density at radius 2 is 2.04 bits per heavy atom. The van der Waals surface area contributed by atoms with Gasteiger partial charge in [-0.2, -0.15) is 0 Å². The number of carbonyl (C=O) groups is 1. The lowest BCUT2D eigenvalue weighted by atomic mass is 10.0. The number of carbonyl (C=O) groups excluding carboxylic acids is 1. The van der Waals surface area contributed by atoms with Crippen molar-refractivity contribution in [3.8, 4) is 17.0 Å². The number of para-hydroxylation sites is 1. The van der Waals surface area contributed by atoms with Crippen molar-refractivity contribution in [3.05, 3.63) is 66.1 Å². The third-order valence-electron chi connectivity index (χ3n) is 4.42. The maximum Gasteiger partial charge on any atom is 0.230 e. The van der Waals surface area contributed by atoms with Gasteiger partial charge >= 0.3 is 0 Å². The van der Waals surface area contributed by atoms with Crippen molar-refractivity contribution in [2.24, 2.45) is 0 Å². The fourth-order valence-electron chi connectivity index (χ4n) is 3.05. The van der Waals surface area contributed by atoms with Crippen molar-refractivity contribution in [2.45, 2.75) is 24.6 Å². The van der Waals surface area contributed by atoms with Gasteiger partial charge in [0.05, 0.1) is 18.0 Å². The van der Waals surface area contributed by atoms with Crippen LogP contribution in [0, 0.1) is 6.92 Å². The summed E-state index contributed by atoms with van der Waals surface area (Å²) in [4.78, 5) is 24.8. The standard InChI is InChI=1S/C21H20N4O2S/c1-14-6-7-18(24-11-14)17-5-2-4-15-10-16(27-20(15)17)12-25-19(26)13-28-21-22-8-3-9-23-21/h2-9,11,16H,10,12-13H2,1H3,(H,25,26). The van der Waals surface area contributed by atoms with E-state index in [2.05, 4.69) is 26.3 Å². The van der Waals surface area contributed by atoms with E-state index in [0.29, 0.717) is 11.7 Å². The predicted octanol–water partition coefficient (Wildman–Crippen LogP) is 3.06. The Bertz CT molecular complexity index is 964. The SMILES string of the molecule is Cc1ccc(-c2cccc3c2OC(CNC(=O)CSc2ncccn2)C3)nc1. The van der Waals surface area contributed by atoms with Crippen molar-refractivity contribution in [1.82, 2.24) is 20.3 Å². The van der Waals surface area contributed by atoms with E-state index in [1.165, 1.54) is 11.8 Å². The average molecular weight is 392 g/mol. The molecular weight excluding hydrogens is 372 g/mol. The number of nitrogens with one attached hydrogen (secondary N) is 1. The van der Waals surface area contributed by atoms with E-state index in [9.17, 15) is 4.79 Å². The number of rotatable bonds is 6. The molecule has 4 rings (SSSR count). The summed E-state index contributed by atoms with van der Waals surface area (Å²) in [7, 11) is 0. The zero-order valence-electron chi connectivity index (χ0n) is 15.5. The second kappa shape index (κ2) is 8.39. The normalized spacial score (nSPS) is 15.0. The molecule has 1 atom stereocenters. The van der Waals surface area contributed by atoms with Crippen LogP contribution in [0.1, 0.15) is 11.1 Å². The number of fused-ring (bicyclic) bond motifs is 1. The molecule has 0 radical (unpaired) electrons. The molecule has 7 heteroatoms. The molecule has 0 saturated heterocycles. The highest BCUT2D eigenvalue weighted by Gasteiger charge is 2.26. The lowest BCUT2D eigenvalue weighted by Gasteiger charge is -2.13. The summed E-state index contributed by atoms with van der Waals surface area (Å²) in [5.74, 6) is 1.09. The van der Waals surface area contributed by atoms with Crippen molar-refractivity contribution < 1.29 is 9.53 Å². The summed E-state index contributed by atoms with van der Waals surface area (Å²) in [6, 6.07) is 11.9. The van der Waals surface area contributed by atoms with Gasteiger partial charge in [0.15, 0.2) is 5.16 Å². The number of hydrogen-bond donors (Lipinski definition) is 1. The van der Waals surface area contributed by atoms with E-state index in [4.69, 9.17) is 4.74 Å². The number of pyridine rings is 1. The summed E-state index contributed by atoms with van der Waals surface area (Å²) in [5.41, 5.74) is 4.15. The molecule has 6 nitrogen and oxygen atoms in total. The molecule has 142 valence electrons. The third-order valence-corrected chi connectivity index (χ3v) is 5.29. The van der Waals surface area contributed by atoms with E-state index >= 15 is 0 Å². The fourth-order valence-corrected chi connectivity index (χ4v) is 3.68. The fraction of sp³-hybridized carbons (Fsp3) is 0.238. The van der Waals surface area contributed by atoms with Crippen LogP contribution >= 0.6 is 11.8 Å². The second-order valence-electron chi connectivity index (χ2n) is 6.58. The minimum Gasteiger partial charge on any atom is -0.487 e. The molecule has 3 heterocycles. The van der Waals surface area contributed by atoms with Crippen LogP contribution in [-0.4, -0.2) is 39.3 Å². The minimum absolute atomic E-state index is 0.0579. The lowest BCUT2D eigenvalue weighted by molar-refractivity contribution is -0.118.